The summed E-state index contributed by atoms with van der Waals surface area (Å²) in [5, 5.41) is 24.7. The molecule has 15 heteroatoms. The number of ether oxygens (including phenoxy) is 6. The van der Waals surface area contributed by atoms with Crippen LogP contribution in [0.3, 0.4) is 0 Å². The van der Waals surface area contributed by atoms with Crippen molar-refractivity contribution >= 4 is 25.4 Å². The number of nitro benzene ring substituents is 2. The highest BCUT2D eigenvalue weighted by atomic mass is 28.4. The maximum Gasteiger partial charge on any atom is 0.299 e. The van der Waals surface area contributed by atoms with Gasteiger partial charge < -0.3 is 38.2 Å². The number of anilines is 1. The standard InChI is InChI=1S/C23H41N3O11Si/c1-38(2,3)37-19-18-36-17-16-35-15-14-34-13-12-33-11-10-32-9-8-31-7-6-24-22-5-4-21(25(27)28)20-23(22)26(29)30/h4-5,20,24H,6-19H2,1-3H3. The van der Waals surface area contributed by atoms with E-state index in [2.05, 4.69) is 25.0 Å². The Balaban J connectivity index is 1.85. The molecule has 0 bridgehead atoms. The Morgan fingerprint density at radius 3 is 1.47 bits per heavy atom. The van der Waals surface area contributed by atoms with Gasteiger partial charge in [0.2, 0.25) is 0 Å². The number of benzene rings is 1. The molecule has 0 aromatic heterocycles. The zero-order valence-electron chi connectivity index (χ0n) is 22.5. The van der Waals surface area contributed by atoms with Crippen LogP contribution in [-0.2, 0) is 32.8 Å². The third kappa shape index (κ3) is 18.1. The number of hydrogen-bond donors (Lipinski definition) is 1. The van der Waals surface area contributed by atoms with Gasteiger partial charge in [0.15, 0.2) is 8.32 Å². The lowest BCUT2D eigenvalue weighted by Crippen LogP contribution is -2.27. The Bertz CT molecular complexity index is 796. The van der Waals surface area contributed by atoms with Gasteiger partial charge in [0, 0.05) is 12.6 Å². The molecule has 14 nitrogen and oxygen atoms in total. The van der Waals surface area contributed by atoms with Gasteiger partial charge in [0.25, 0.3) is 11.4 Å². The van der Waals surface area contributed by atoms with E-state index in [4.69, 9.17) is 32.8 Å². The molecular formula is C23H41N3O11Si. The Kier molecular flexibility index (Phi) is 18.4. The number of rotatable bonds is 25. The largest absolute Gasteiger partial charge is 0.415 e. The molecule has 0 aliphatic carbocycles. The molecule has 0 spiro atoms. The van der Waals surface area contributed by atoms with Crippen molar-refractivity contribution in [3.63, 3.8) is 0 Å². The average Bonchev–Trinajstić information content (AvgIpc) is 2.86. The topological polar surface area (TPSA) is 163 Å². The minimum Gasteiger partial charge on any atom is -0.415 e. The second-order valence-corrected chi connectivity index (χ2v) is 13.3. The van der Waals surface area contributed by atoms with E-state index in [9.17, 15) is 20.2 Å². The van der Waals surface area contributed by atoms with E-state index in [1.807, 2.05) is 0 Å². The zero-order valence-corrected chi connectivity index (χ0v) is 23.5. The number of hydrogen-bond acceptors (Lipinski definition) is 12. The van der Waals surface area contributed by atoms with Gasteiger partial charge in [0.1, 0.15) is 5.69 Å². The highest BCUT2D eigenvalue weighted by Gasteiger charge is 2.19. The molecule has 1 aromatic carbocycles. The normalized spacial score (nSPS) is 11.6. The lowest BCUT2D eigenvalue weighted by molar-refractivity contribution is -0.393. The van der Waals surface area contributed by atoms with Crippen molar-refractivity contribution in [2.45, 2.75) is 19.6 Å². The molecule has 38 heavy (non-hydrogen) atoms. The molecule has 0 aliphatic rings. The zero-order chi connectivity index (χ0) is 28.1. The van der Waals surface area contributed by atoms with Crippen molar-refractivity contribution in [2.24, 2.45) is 0 Å². The van der Waals surface area contributed by atoms with Crippen LogP contribution >= 0.6 is 0 Å². The average molecular weight is 564 g/mol. The second kappa shape index (κ2) is 20.7. The van der Waals surface area contributed by atoms with Crippen molar-refractivity contribution in [1.29, 1.82) is 0 Å². The third-order valence-corrected chi connectivity index (χ3v) is 5.64. The second-order valence-electron chi connectivity index (χ2n) is 8.78. The first-order chi connectivity index (χ1) is 18.2. The Labute approximate surface area is 224 Å². The molecule has 1 aromatic rings. The van der Waals surface area contributed by atoms with Crippen LogP contribution in [0.4, 0.5) is 17.1 Å². The quantitative estimate of drug-likeness (QED) is 0.0802. The first kappa shape index (κ1) is 33.8. The van der Waals surface area contributed by atoms with Gasteiger partial charge in [-0.25, -0.2) is 0 Å². The van der Waals surface area contributed by atoms with Crippen LogP contribution in [0.15, 0.2) is 18.2 Å². The van der Waals surface area contributed by atoms with Crippen LogP contribution in [0.1, 0.15) is 0 Å². The maximum atomic E-state index is 11.1. The molecule has 0 saturated heterocycles. The molecule has 0 aliphatic heterocycles. The summed E-state index contributed by atoms with van der Waals surface area (Å²) >= 11 is 0. The molecule has 0 unspecified atom stereocenters. The first-order valence-electron chi connectivity index (χ1n) is 12.5. The SMILES string of the molecule is C[Si](C)(C)OCCOCCOCCOCCOCCOCCOCCNc1ccc([N+](=O)[O-])cc1[N+](=O)[O-]. The minimum absolute atomic E-state index is 0.193. The lowest BCUT2D eigenvalue weighted by atomic mass is 10.2. The predicted octanol–water partition coefficient (Wildman–Crippen LogP) is 2.87. The maximum absolute atomic E-state index is 11.1. The highest BCUT2D eigenvalue weighted by molar-refractivity contribution is 6.69. The molecule has 0 atom stereocenters. The number of nitro groups is 2. The molecule has 218 valence electrons. The highest BCUT2D eigenvalue weighted by Crippen LogP contribution is 2.28. The molecule has 1 rings (SSSR count). The van der Waals surface area contributed by atoms with Crippen LogP contribution in [-0.4, -0.2) is 111 Å². The van der Waals surface area contributed by atoms with Crippen LogP contribution < -0.4 is 5.32 Å². The minimum atomic E-state index is -1.47. The predicted molar refractivity (Wildman–Crippen MR) is 142 cm³/mol. The summed E-state index contributed by atoms with van der Waals surface area (Å²) in [7, 11) is -1.47. The fraction of sp³-hybridized carbons (Fsp3) is 0.739. The van der Waals surface area contributed by atoms with E-state index >= 15 is 0 Å². The van der Waals surface area contributed by atoms with Gasteiger partial charge in [-0.1, -0.05) is 0 Å². The van der Waals surface area contributed by atoms with Crippen LogP contribution in [0.25, 0.3) is 0 Å². The molecular weight excluding hydrogens is 522 g/mol. The van der Waals surface area contributed by atoms with E-state index in [-0.39, 0.29) is 23.7 Å². The van der Waals surface area contributed by atoms with E-state index in [1.54, 1.807) is 0 Å². The molecule has 0 fully saturated rings. The van der Waals surface area contributed by atoms with Crippen LogP contribution in [0, 0.1) is 20.2 Å². The number of non-ortho nitro benzene ring substituents is 1. The molecule has 0 saturated carbocycles. The summed E-state index contributed by atoms with van der Waals surface area (Å²) in [4.78, 5) is 20.5. The molecule has 0 radical (unpaired) electrons. The van der Waals surface area contributed by atoms with Gasteiger partial charge in [-0.15, -0.1) is 0 Å². The Morgan fingerprint density at radius 1 is 0.658 bits per heavy atom. The number of nitrogens with zero attached hydrogens (tertiary/aromatic N) is 2. The van der Waals surface area contributed by atoms with Gasteiger partial charge in [-0.3, -0.25) is 20.2 Å². The first-order valence-corrected chi connectivity index (χ1v) is 15.9. The van der Waals surface area contributed by atoms with E-state index < -0.39 is 18.2 Å². The molecule has 0 amide bonds. The smallest absolute Gasteiger partial charge is 0.299 e. The van der Waals surface area contributed by atoms with E-state index in [0.29, 0.717) is 85.8 Å². The summed E-state index contributed by atoms with van der Waals surface area (Å²) in [6.45, 7) is 12.8. The molecule has 0 heterocycles. The Hall–Kier alpha value is -2.24. The van der Waals surface area contributed by atoms with Crippen molar-refractivity contribution in [2.75, 3.05) is 97.8 Å². The van der Waals surface area contributed by atoms with E-state index in [0.717, 1.165) is 6.07 Å². The van der Waals surface area contributed by atoms with E-state index in [1.165, 1.54) is 12.1 Å². The Morgan fingerprint density at radius 2 is 1.08 bits per heavy atom. The van der Waals surface area contributed by atoms with Crippen molar-refractivity contribution < 1.29 is 42.7 Å². The fourth-order valence-corrected chi connectivity index (χ4v) is 3.50. The number of nitrogens with one attached hydrogen (secondary N) is 1. The van der Waals surface area contributed by atoms with Crippen LogP contribution in [0.2, 0.25) is 19.6 Å². The van der Waals surface area contributed by atoms with Gasteiger partial charge >= 0.3 is 0 Å². The summed E-state index contributed by atoms with van der Waals surface area (Å²) in [5.74, 6) is 0. The fourth-order valence-electron chi connectivity index (χ4n) is 2.80. The van der Waals surface area contributed by atoms with Gasteiger partial charge in [-0.2, -0.15) is 0 Å². The molecule has 1 N–H and O–H groups in total. The van der Waals surface area contributed by atoms with Crippen molar-refractivity contribution in [3.05, 3.63) is 38.4 Å². The summed E-state index contributed by atoms with van der Waals surface area (Å²) in [6, 6.07) is 3.44. The lowest BCUT2D eigenvalue weighted by Gasteiger charge is -2.16. The van der Waals surface area contributed by atoms with Crippen molar-refractivity contribution in [1.82, 2.24) is 0 Å². The monoisotopic (exact) mass is 563 g/mol. The summed E-state index contributed by atoms with van der Waals surface area (Å²) < 4.78 is 38.2. The van der Waals surface area contributed by atoms with Crippen LogP contribution in [0.5, 0.6) is 0 Å². The summed E-state index contributed by atoms with van der Waals surface area (Å²) in [5.41, 5.74) is -0.506. The summed E-state index contributed by atoms with van der Waals surface area (Å²) in [6.07, 6.45) is 0. The third-order valence-electron chi connectivity index (χ3n) is 4.57. The van der Waals surface area contributed by atoms with Crippen molar-refractivity contribution in [3.8, 4) is 0 Å². The van der Waals surface area contributed by atoms with Gasteiger partial charge in [-0.05, 0) is 25.7 Å². The van der Waals surface area contributed by atoms with Gasteiger partial charge in [0.05, 0.1) is 102 Å².